The summed E-state index contributed by atoms with van der Waals surface area (Å²) in [5.74, 6) is 0.942. The van der Waals surface area contributed by atoms with Crippen LogP contribution in [0.5, 0.6) is 5.75 Å². The molecule has 0 saturated carbocycles. The van der Waals surface area contributed by atoms with Gasteiger partial charge in [-0.1, -0.05) is 11.8 Å². The molecule has 31 heavy (non-hydrogen) atoms. The molecular weight excluding hydrogens is 422 g/mol. The quantitative estimate of drug-likeness (QED) is 0.185. The van der Waals surface area contributed by atoms with Gasteiger partial charge in [0.15, 0.2) is 5.16 Å². The van der Waals surface area contributed by atoms with Crippen molar-refractivity contribution in [2.75, 3.05) is 12.9 Å². The molecule has 10 nitrogen and oxygen atoms in total. The average molecular weight is 441 g/mol. The number of hydrogen-bond donors (Lipinski definition) is 1. The van der Waals surface area contributed by atoms with E-state index in [-0.39, 0.29) is 17.3 Å². The maximum absolute atomic E-state index is 12.0. The molecule has 0 aliphatic heterocycles. The predicted octanol–water partition coefficient (Wildman–Crippen LogP) is 3.51. The largest absolute Gasteiger partial charge is 0.496 e. The van der Waals surface area contributed by atoms with Crippen LogP contribution < -0.4 is 10.2 Å². The molecule has 0 spiro atoms. The number of carbonyl (C=O) groups excluding carboxylic acids is 1. The summed E-state index contributed by atoms with van der Waals surface area (Å²) >= 11 is 1.21. The lowest BCUT2D eigenvalue weighted by Crippen LogP contribution is -2.19. The molecule has 0 atom stereocenters. The van der Waals surface area contributed by atoms with Crippen molar-refractivity contribution in [1.29, 1.82) is 0 Å². The van der Waals surface area contributed by atoms with Crippen LogP contribution in [0.1, 0.15) is 17.1 Å². The number of nitrogens with zero attached hydrogens (tertiary/aromatic N) is 4. The first kappa shape index (κ1) is 22.0. The molecule has 0 aliphatic carbocycles. The van der Waals surface area contributed by atoms with E-state index in [2.05, 4.69) is 20.5 Å². The molecule has 2 heterocycles. The zero-order valence-corrected chi connectivity index (χ0v) is 17.8. The predicted molar refractivity (Wildman–Crippen MR) is 115 cm³/mol. The van der Waals surface area contributed by atoms with Gasteiger partial charge in [-0.3, -0.25) is 14.9 Å². The third kappa shape index (κ3) is 5.89. The van der Waals surface area contributed by atoms with Crippen LogP contribution in [-0.2, 0) is 4.79 Å². The van der Waals surface area contributed by atoms with Gasteiger partial charge in [0, 0.05) is 23.5 Å². The zero-order chi connectivity index (χ0) is 22.4. The number of aryl methyl sites for hydroxylation is 2. The second-order valence-electron chi connectivity index (χ2n) is 6.36. The van der Waals surface area contributed by atoms with Crippen molar-refractivity contribution >= 4 is 29.6 Å². The molecule has 2 aromatic heterocycles. The van der Waals surface area contributed by atoms with Gasteiger partial charge in [0.25, 0.3) is 11.6 Å². The number of aromatic nitrogens is 2. The Balaban J connectivity index is 1.61. The van der Waals surface area contributed by atoms with Crippen LogP contribution in [-0.4, -0.2) is 39.9 Å². The highest BCUT2D eigenvalue weighted by molar-refractivity contribution is 7.99. The van der Waals surface area contributed by atoms with Crippen LogP contribution in [0.2, 0.25) is 0 Å². The third-order valence-corrected chi connectivity index (χ3v) is 4.81. The van der Waals surface area contributed by atoms with Crippen molar-refractivity contribution in [3.63, 3.8) is 0 Å². The van der Waals surface area contributed by atoms with Crippen molar-refractivity contribution in [3.8, 4) is 17.1 Å². The number of rotatable bonds is 8. The topological polar surface area (TPSA) is 133 Å². The minimum atomic E-state index is -0.495. The zero-order valence-electron chi connectivity index (χ0n) is 17.0. The molecule has 0 bridgehead atoms. The molecule has 3 rings (SSSR count). The van der Waals surface area contributed by atoms with Gasteiger partial charge in [0.2, 0.25) is 0 Å². The number of methoxy groups -OCH3 is 1. The van der Waals surface area contributed by atoms with Crippen LogP contribution >= 0.6 is 11.8 Å². The van der Waals surface area contributed by atoms with Gasteiger partial charge in [-0.15, -0.1) is 0 Å². The molecule has 1 N–H and O–H groups in total. The number of ether oxygens (including phenoxy) is 1. The number of benzene rings is 1. The first-order valence-corrected chi connectivity index (χ1v) is 10.0. The third-order valence-electron chi connectivity index (χ3n) is 3.96. The van der Waals surface area contributed by atoms with Gasteiger partial charge in [-0.2, -0.15) is 5.10 Å². The summed E-state index contributed by atoms with van der Waals surface area (Å²) in [5, 5.41) is 15.4. The second kappa shape index (κ2) is 9.85. The lowest BCUT2D eigenvalue weighted by molar-refractivity contribution is -0.384. The van der Waals surface area contributed by atoms with Crippen molar-refractivity contribution in [2.45, 2.75) is 19.0 Å². The summed E-state index contributed by atoms with van der Waals surface area (Å²) in [7, 11) is 1.46. The van der Waals surface area contributed by atoms with E-state index in [1.165, 1.54) is 43.3 Å². The highest BCUT2D eigenvalue weighted by Gasteiger charge is 2.15. The summed E-state index contributed by atoms with van der Waals surface area (Å²) < 4.78 is 10.9. The minimum Gasteiger partial charge on any atom is -0.496 e. The Hall–Kier alpha value is -3.73. The molecule has 0 radical (unpaired) electrons. The van der Waals surface area contributed by atoms with Crippen LogP contribution in [0.25, 0.3) is 11.3 Å². The fourth-order valence-electron chi connectivity index (χ4n) is 2.66. The molecule has 0 saturated heterocycles. The maximum atomic E-state index is 12.0. The molecular formula is C20H19N5O5S. The van der Waals surface area contributed by atoms with Crippen molar-refractivity contribution in [2.24, 2.45) is 5.10 Å². The maximum Gasteiger partial charge on any atom is 0.270 e. The first-order chi connectivity index (χ1) is 14.9. The van der Waals surface area contributed by atoms with Crippen molar-refractivity contribution < 1.29 is 18.9 Å². The van der Waals surface area contributed by atoms with Crippen molar-refractivity contribution in [1.82, 2.24) is 15.4 Å². The molecule has 11 heteroatoms. The Morgan fingerprint density at radius 1 is 1.26 bits per heavy atom. The number of carbonyl (C=O) groups is 1. The monoisotopic (exact) mass is 441 g/mol. The number of nitro benzene ring substituents is 1. The summed E-state index contributed by atoms with van der Waals surface area (Å²) in [6.07, 6.45) is 1.34. The number of hydrazone groups is 1. The van der Waals surface area contributed by atoms with E-state index in [9.17, 15) is 14.9 Å². The highest BCUT2D eigenvalue weighted by atomic mass is 32.2. The Morgan fingerprint density at radius 2 is 2.00 bits per heavy atom. The van der Waals surface area contributed by atoms with E-state index in [1.807, 2.05) is 19.9 Å². The molecule has 0 aliphatic rings. The van der Waals surface area contributed by atoms with Crippen LogP contribution in [0, 0.1) is 24.0 Å². The van der Waals surface area contributed by atoms with Gasteiger partial charge >= 0.3 is 0 Å². The van der Waals surface area contributed by atoms with Gasteiger partial charge in [-0.25, -0.2) is 15.4 Å². The molecule has 0 fully saturated rings. The lowest BCUT2D eigenvalue weighted by atomic mass is 10.1. The van der Waals surface area contributed by atoms with Gasteiger partial charge in [-0.05, 0) is 38.1 Å². The SMILES string of the molecule is COc1ccc([N+](=O)[O-])cc1-c1ccc(/C=N\NC(=O)CSc2nc(C)cc(C)n2)o1. The molecule has 160 valence electrons. The number of thioether (sulfide) groups is 1. The Morgan fingerprint density at radius 3 is 2.68 bits per heavy atom. The Labute approximate surface area is 181 Å². The number of furan rings is 1. The summed E-state index contributed by atoms with van der Waals surface area (Å²) in [6.45, 7) is 3.73. The molecule has 3 aromatic rings. The molecule has 1 aromatic carbocycles. The Bertz CT molecular complexity index is 1120. The second-order valence-corrected chi connectivity index (χ2v) is 7.30. The van der Waals surface area contributed by atoms with Crippen molar-refractivity contribution in [3.05, 3.63) is 63.7 Å². The fourth-order valence-corrected chi connectivity index (χ4v) is 3.40. The summed E-state index contributed by atoms with van der Waals surface area (Å²) in [4.78, 5) is 31.0. The van der Waals surface area contributed by atoms with Gasteiger partial charge < -0.3 is 9.15 Å². The minimum absolute atomic E-state index is 0.0834. The van der Waals surface area contributed by atoms with Gasteiger partial charge in [0.1, 0.15) is 17.3 Å². The van der Waals surface area contributed by atoms with E-state index < -0.39 is 4.92 Å². The summed E-state index contributed by atoms with van der Waals surface area (Å²) in [5.41, 5.74) is 4.43. The number of amides is 1. The Kier molecular flexibility index (Phi) is 6.98. The van der Waals surface area contributed by atoms with E-state index in [0.29, 0.717) is 28.0 Å². The van der Waals surface area contributed by atoms with Crippen LogP contribution in [0.15, 0.2) is 51.1 Å². The fraction of sp³-hybridized carbons (Fsp3) is 0.200. The van der Waals surface area contributed by atoms with Crippen LogP contribution in [0.4, 0.5) is 5.69 Å². The van der Waals surface area contributed by atoms with E-state index in [0.717, 1.165) is 11.4 Å². The first-order valence-electron chi connectivity index (χ1n) is 9.05. The smallest absolute Gasteiger partial charge is 0.270 e. The standard InChI is InChI=1S/C20H19N5O5S/c1-12-8-13(2)23-20(22-12)31-11-19(26)24-21-10-15-5-7-18(30-15)16-9-14(25(27)28)4-6-17(16)29-3/h4-10H,11H2,1-3H3,(H,24,26)/b21-10-. The normalized spacial score (nSPS) is 10.9. The average Bonchev–Trinajstić information content (AvgIpc) is 3.19. The lowest BCUT2D eigenvalue weighted by Gasteiger charge is -2.05. The van der Waals surface area contributed by atoms with E-state index in [1.54, 1.807) is 12.1 Å². The van der Waals surface area contributed by atoms with E-state index >= 15 is 0 Å². The summed E-state index contributed by atoms with van der Waals surface area (Å²) in [6, 6.07) is 9.34. The van der Waals surface area contributed by atoms with E-state index in [4.69, 9.17) is 9.15 Å². The molecule has 1 amide bonds. The highest BCUT2D eigenvalue weighted by Crippen LogP contribution is 2.34. The number of non-ortho nitro benzene ring substituents is 1. The van der Waals surface area contributed by atoms with Crippen LogP contribution in [0.3, 0.4) is 0 Å². The number of hydrogen-bond acceptors (Lipinski definition) is 9. The van der Waals surface area contributed by atoms with Gasteiger partial charge in [0.05, 0.1) is 29.6 Å². The molecule has 0 unspecified atom stereocenters. The number of nitrogens with one attached hydrogen (secondary N) is 1. The number of nitro groups is 1.